The van der Waals surface area contributed by atoms with E-state index in [0.29, 0.717) is 10.0 Å². The van der Waals surface area contributed by atoms with Crippen LogP contribution in [-0.4, -0.2) is 0 Å². The van der Waals surface area contributed by atoms with Gasteiger partial charge in [0.25, 0.3) is 0 Å². The standard InChI is InChI=1S/C14H11BrClF2N/c1-14(19,8-2-4-9(17)5-3-8)10-6-7-11(15)12(16)13(10)18/h2-7H,19H2,1H3. The molecule has 0 radical (unpaired) electrons. The van der Waals surface area contributed by atoms with Crippen LogP contribution in [0.2, 0.25) is 5.02 Å². The van der Waals surface area contributed by atoms with Crippen LogP contribution in [-0.2, 0) is 5.54 Å². The minimum atomic E-state index is -1.10. The number of benzene rings is 2. The van der Waals surface area contributed by atoms with Crippen molar-refractivity contribution in [1.82, 2.24) is 0 Å². The molecule has 5 heteroatoms. The summed E-state index contributed by atoms with van der Waals surface area (Å²) >= 11 is 9.01. The number of nitrogens with two attached hydrogens (primary N) is 1. The average molecular weight is 347 g/mol. The SMILES string of the molecule is CC(N)(c1ccc(F)cc1)c1ccc(Br)c(Cl)c1F. The van der Waals surface area contributed by atoms with Crippen LogP contribution < -0.4 is 5.73 Å². The van der Waals surface area contributed by atoms with E-state index < -0.39 is 11.4 Å². The zero-order chi connectivity index (χ0) is 14.2. The second kappa shape index (κ2) is 5.19. The lowest BCUT2D eigenvalue weighted by atomic mass is 9.85. The minimum Gasteiger partial charge on any atom is -0.318 e. The maximum absolute atomic E-state index is 14.2. The van der Waals surface area contributed by atoms with Crippen LogP contribution in [0.5, 0.6) is 0 Å². The van der Waals surface area contributed by atoms with Gasteiger partial charge in [-0.25, -0.2) is 8.78 Å². The highest BCUT2D eigenvalue weighted by Gasteiger charge is 2.28. The van der Waals surface area contributed by atoms with Gasteiger partial charge in [0.1, 0.15) is 11.6 Å². The van der Waals surface area contributed by atoms with Crippen LogP contribution >= 0.6 is 27.5 Å². The molecule has 0 saturated carbocycles. The Morgan fingerprint density at radius 3 is 2.26 bits per heavy atom. The molecule has 1 atom stereocenters. The van der Waals surface area contributed by atoms with Crippen molar-refractivity contribution >= 4 is 27.5 Å². The van der Waals surface area contributed by atoms with Crippen molar-refractivity contribution in [2.45, 2.75) is 12.5 Å². The number of rotatable bonds is 2. The van der Waals surface area contributed by atoms with Crippen LogP contribution in [0, 0.1) is 11.6 Å². The van der Waals surface area contributed by atoms with Gasteiger partial charge >= 0.3 is 0 Å². The Balaban J connectivity index is 2.56. The van der Waals surface area contributed by atoms with E-state index in [4.69, 9.17) is 17.3 Å². The Hall–Kier alpha value is -0.970. The van der Waals surface area contributed by atoms with E-state index in [0.717, 1.165) is 0 Å². The smallest absolute Gasteiger partial charge is 0.148 e. The fraction of sp³-hybridized carbons (Fsp3) is 0.143. The lowest BCUT2D eigenvalue weighted by molar-refractivity contribution is 0.529. The molecule has 0 spiro atoms. The number of hydrogen-bond acceptors (Lipinski definition) is 1. The fourth-order valence-corrected chi connectivity index (χ4v) is 2.35. The summed E-state index contributed by atoms with van der Waals surface area (Å²) in [4.78, 5) is 0. The summed E-state index contributed by atoms with van der Waals surface area (Å²) in [5.41, 5.74) is 5.96. The monoisotopic (exact) mass is 345 g/mol. The van der Waals surface area contributed by atoms with Crippen LogP contribution in [0.4, 0.5) is 8.78 Å². The van der Waals surface area contributed by atoms with E-state index in [-0.39, 0.29) is 16.4 Å². The lowest BCUT2D eigenvalue weighted by Crippen LogP contribution is -2.35. The molecule has 2 rings (SSSR count). The third kappa shape index (κ3) is 2.66. The molecule has 0 aliphatic heterocycles. The van der Waals surface area contributed by atoms with Crippen LogP contribution in [0.3, 0.4) is 0 Å². The molecule has 2 N–H and O–H groups in total. The predicted molar refractivity (Wildman–Crippen MR) is 76.2 cm³/mol. The van der Waals surface area contributed by atoms with Gasteiger partial charge in [-0.15, -0.1) is 0 Å². The maximum Gasteiger partial charge on any atom is 0.148 e. The normalized spacial score (nSPS) is 14.2. The summed E-state index contributed by atoms with van der Waals surface area (Å²) in [7, 11) is 0. The van der Waals surface area contributed by atoms with Crippen molar-refractivity contribution in [3.05, 3.63) is 68.7 Å². The molecule has 0 fully saturated rings. The van der Waals surface area contributed by atoms with Gasteiger partial charge in [0.15, 0.2) is 0 Å². The zero-order valence-electron chi connectivity index (χ0n) is 10.1. The topological polar surface area (TPSA) is 26.0 Å². The molecule has 19 heavy (non-hydrogen) atoms. The second-order valence-electron chi connectivity index (χ2n) is 4.43. The van der Waals surface area contributed by atoms with E-state index in [1.807, 2.05) is 0 Å². The largest absolute Gasteiger partial charge is 0.318 e. The quantitative estimate of drug-likeness (QED) is 0.790. The molecule has 100 valence electrons. The average Bonchev–Trinajstić information content (AvgIpc) is 2.36. The minimum absolute atomic E-state index is 0.0173. The molecule has 1 nitrogen and oxygen atoms in total. The van der Waals surface area contributed by atoms with Crippen molar-refractivity contribution in [1.29, 1.82) is 0 Å². The predicted octanol–water partition coefficient (Wildman–Crippen LogP) is 4.60. The first-order valence-corrected chi connectivity index (χ1v) is 6.70. The molecule has 0 aliphatic rings. The molecule has 0 amide bonds. The molecular weight excluding hydrogens is 336 g/mol. The number of hydrogen-bond donors (Lipinski definition) is 1. The van der Waals surface area contributed by atoms with Gasteiger partial charge in [0, 0.05) is 10.0 Å². The number of halogens is 4. The molecule has 2 aromatic carbocycles. The van der Waals surface area contributed by atoms with Gasteiger partial charge in [-0.05, 0) is 46.6 Å². The Morgan fingerprint density at radius 2 is 1.68 bits per heavy atom. The first kappa shape index (κ1) is 14.4. The van der Waals surface area contributed by atoms with Crippen LogP contribution in [0.25, 0.3) is 0 Å². The maximum atomic E-state index is 14.2. The molecule has 0 bridgehead atoms. The van der Waals surface area contributed by atoms with Gasteiger partial charge in [-0.2, -0.15) is 0 Å². The second-order valence-corrected chi connectivity index (χ2v) is 5.66. The Morgan fingerprint density at radius 1 is 1.11 bits per heavy atom. The van der Waals surface area contributed by atoms with E-state index in [2.05, 4.69) is 15.9 Å². The molecular formula is C14H11BrClF2N. The summed E-state index contributed by atoms with van der Waals surface area (Å²) in [5.74, 6) is -0.945. The highest BCUT2D eigenvalue weighted by Crippen LogP contribution is 2.35. The van der Waals surface area contributed by atoms with Gasteiger partial charge < -0.3 is 5.73 Å². The van der Waals surface area contributed by atoms with Crippen LogP contribution in [0.1, 0.15) is 18.1 Å². The first-order chi connectivity index (χ1) is 8.84. The van der Waals surface area contributed by atoms with Gasteiger partial charge in [-0.3, -0.25) is 0 Å². The molecule has 1 unspecified atom stereocenters. The summed E-state index contributed by atoms with van der Waals surface area (Å²) in [6.07, 6.45) is 0. The lowest BCUT2D eigenvalue weighted by Gasteiger charge is -2.27. The molecule has 0 heterocycles. The van der Waals surface area contributed by atoms with E-state index in [1.165, 1.54) is 24.3 Å². The molecule has 0 aliphatic carbocycles. The third-order valence-electron chi connectivity index (χ3n) is 3.04. The first-order valence-electron chi connectivity index (χ1n) is 5.53. The van der Waals surface area contributed by atoms with Crippen molar-refractivity contribution < 1.29 is 8.78 Å². The molecule has 0 saturated heterocycles. The van der Waals surface area contributed by atoms with Gasteiger partial charge in [-0.1, -0.05) is 29.8 Å². The Kier molecular flexibility index (Phi) is 3.95. The highest BCUT2D eigenvalue weighted by atomic mass is 79.9. The molecule has 2 aromatic rings. The van der Waals surface area contributed by atoms with E-state index in [9.17, 15) is 8.78 Å². The fourth-order valence-electron chi connectivity index (χ4n) is 1.88. The van der Waals surface area contributed by atoms with Gasteiger partial charge in [0.05, 0.1) is 10.6 Å². The summed E-state index contributed by atoms with van der Waals surface area (Å²) in [5, 5.41) is -0.0173. The van der Waals surface area contributed by atoms with Crippen molar-refractivity contribution in [2.24, 2.45) is 5.73 Å². The highest BCUT2D eigenvalue weighted by molar-refractivity contribution is 9.10. The Bertz CT molecular complexity index is 612. The third-order valence-corrected chi connectivity index (χ3v) is 4.30. The summed E-state index contributed by atoms with van der Waals surface area (Å²) < 4.78 is 27.6. The van der Waals surface area contributed by atoms with Crippen molar-refractivity contribution in [2.75, 3.05) is 0 Å². The zero-order valence-corrected chi connectivity index (χ0v) is 12.4. The van der Waals surface area contributed by atoms with E-state index >= 15 is 0 Å². The van der Waals surface area contributed by atoms with Crippen molar-refractivity contribution in [3.63, 3.8) is 0 Å². The molecule has 0 aromatic heterocycles. The van der Waals surface area contributed by atoms with Gasteiger partial charge in [0.2, 0.25) is 0 Å². The van der Waals surface area contributed by atoms with Crippen LogP contribution in [0.15, 0.2) is 40.9 Å². The van der Waals surface area contributed by atoms with Crippen molar-refractivity contribution in [3.8, 4) is 0 Å². The Labute approximate surface area is 123 Å². The summed E-state index contributed by atoms with van der Waals surface area (Å²) in [6.45, 7) is 1.66. The van der Waals surface area contributed by atoms with E-state index in [1.54, 1.807) is 19.1 Å². The summed E-state index contributed by atoms with van der Waals surface area (Å²) in [6, 6.07) is 8.84.